The molecule has 0 atom stereocenters. The molecule has 12 heteroatoms. The molecule has 2 aromatic carbocycles. The van der Waals surface area contributed by atoms with Crippen molar-refractivity contribution in [2.24, 2.45) is 5.10 Å². The Labute approximate surface area is 264 Å². The highest BCUT2D eigenvalue weighted by molar-refractivity contribution is 7.89. The highest BCUT2D eigenvalue weighted by Crippen LogP contribution is 2.39. The summed E-state index contributed by atoms with van der Waals surface area (Å²) in [5.74, 6) is -0.141. The van der Waals surface area contributed by atoms with E-state index in [4.69, 9.17) is 46.6 Å². The molecule has 0 radical (unpaired) electrons. The maximum atomic E-state index is 12.7. The van der Waals surface area contributed by atoms with E-state index in [-0.39, 0.29) is 38.8 Å². The van der Waals surface area contributed by atoms with Gasteiger partial charge in [0, 0.05) is 23.3 Å². The second-order valence-electron chi connectivity index (χ2n) is 10.2. The molecule has 41 heavy (non-hydrogen) atoms. The summed E-state index contributed by atoms with van der Waals surface area (Å²) >= 11 is 24.9. The van der Waals surface area contributed by atoms with Crippen molar-refractivity contribution in [3.63, 3.8) is 0 Å². The van der Waals surface area contributed by atoms with Crippen molar-refractivity contribution in [2.75, 3.05) is 16.0 Å². The van der Waals surface area contributed by atoms with Gasteiger partial charge in [-0.1, -0.05) is 112 Å². The average molecular weight is 665 g/mol. The van der Waals surface area contributed by atoms with Gasteiger partial charge in [0.1, 0.15) is 5.69 Å². The van der Waals surface area contributed by atoms with Crippen LogP contribution in [0.3, 0.4) is 0 Å². The van der Waals surface area contributed by atoms with Gasteiger partial charge in [-0.25, -0.2) is 17.6 Å². The van der Waals surface area contributed by atoms with E-state index in [1.165, 1.54) is 86.5 Å². The number of amidine groups is 1. The fourth-order valence-electron chi connectivity index (χ4n) is 4.60. The summed E-state index contributed by atoms with van der Waals surface area (Å²) in [6.45, 7) is 2.64. The number of carbonyl (C=O) groups is 1. The number of hydrogen-bond donors (Lipinski definition) is 1. The van der Waals surface area contributed by atoms with Gasteiger partial charge in [-0.2, -0.15) is 5.01 Å². The van der Waals surface area contributed by atoms with Crippen molar-refractivity contribution >= 4 is 79.7 Å². The van der Waals surface area contributed by atoms with Crippen molar-refractivity contribution in [1.29, 1.82) is 0 Å². The number of nitrogens with zero attached hydrogens (tertiary/aromatic N) is 3. The number of anilines is 2. The number of hydrazone groups is 1. The normalized spacial score (nSPS) is 13.6. The van der Waals surface area contributed by atoms with Crippen LogP contribution in [0.25, 0.3) is 0 Å². The standard InChI is InChI=1S/C29H38Cl4N4O3S/c1-2-3-4-5-6-7-8-9-10-11-12-13-18-34-41(39,40)24-16-14-23(15-17-24)36(33)27-21-28(38)37(35-27)29-25(31)19-22(30)20-26(29)32/h14-17,19-20,34H,2-13,18,21H2,1H3. The number of unbranched alkanes of at least 4 members (excludes halogenated alkanes) is 11. The smallest absolute Gasteiger partial charge is 0.255 e. The number of carbonyl (C=O) groups excluding carboxylic acids is 1. The molecule has 2 aromatic rings. The molecule has 0 spiro atoms. The largest absolute Gasteiger partial charge is 0.272 e. The predicted molar refractivity (Wildman–Crippen MR) is 172 cm³/mol. The monoisotopic (exact) mass is 662 g/mol. The third-order valence-corrected chi connectivity index (χ3v) is 9.54. The van der Waals surface area contributed by atoms with Gasteiger partial charge in [0.2, 0.25) is 10.0 Å². The van der Waals surface area contributed by atoms with Crippen LogP contribution in [0.2, 0.25) is 15.1 Å². The van der Waals surface area contributed by atoms with Gasteiger partial charge in [-0.3, -0.25) is 4.79 Å². The van der Waals surface area contributed by atoms with Crippen molar-refractivity contribution in [3.05, 3.63) is 51.5 Å². The van der Waals surface area contributed by atoms with Gasteiger partial charge in [0.25, 0.3) is 5.91 Å². The quantitative estimate of drug-likeness (QED) is 0.135. The molecule has 0 saturated heterocycles. The minimum absolute atomic E-state index is 0.0978. The minimum atomic E-state index is -3.65. The zero-order valence-electron chi connectivity index (χ0n) is 23.4. The molecule has 1 aliphatic heterocycles. The number of rotatable bonds is 17. The molecule has 226 valence electrons. The molecule has 0 saturated carbocycles. The lowest BCUT2D eigenvalue weighted by molar-refractivity contribution is -0.116. The molecule has 0 bridgehead atoms. The number of hydrogen-bond acceptors (Lipinski definition) is 5. The molecule has 1 N–H and O–H groups in total. The first-order valence-electron chi connectivity index (χ1n) is 14.2. The highest BCUT2D eigenvalue weighted by atomic mass is 35.5. The minimum Gasteiger partial charge on any atom is -0.272 e. The first-order valence-corrected chi connectivity index (χ1v) is 17.2. The van der Waals surface area contributed by atoms with E-state index in [0.717, 1.165) is 24.3 Å². The van der Waals surface area contributed by atoms with E-state index >= 15 is 0 Å². The molecule has 1 amide bonds. The molecule has 1 heterocycles. The lowest BCUT2D eigenvalue weighted by Gasteiger charge is -2.16. The molecular formula is C29H38Cl4N4O3S. The first kappa shape index (κ1) is 33.9. The van der Waals surface area contributed by atoms with Gasteiger partial charge >= 0.3 is 0 Å². The zero-order chi connectivity index (χ0) is 29.8. The van der Waals surface area contributed by atoms with Gasteiger partial charge in [0.15, 0.2) is 5.84 Å². The number of amides is 1. The second kappa shape index (κ2) is 16.9. The Morgan fingerprint density at radius 3 is 1.90 bits per heavy atom. The Morgan fingerprint density at radius 2 is 1.37 bits per heavy atom. The number of benzene rings is 2. The van der Waals surface area contributed by atoms with Crippen molar-refractivity contribution < 1.29 is 13.2 Å². The Hall–Kier alpha value is -1.55. The molecule has 0 aliphatic carbocycles. The summed E-state index contributed by atoms with van der Waals surface area (Å²) in [6, 6.07) is 8.99. The van der Waals surface area contributed by atoms with E-state index in [1.54, 1.807) is 12.1 Å². The molecule has 0 aromatic heterocycles. The van der Waals surface area contributed by atoms with Crippen LogP contribution in [0.15, 0.2) is 46.4 Å². The van der Waals surface area contributed by atoms with E-state index in [9.17, 15) is 13.2 Å². The lowest BCUT2D eigenvalue weighted by Crippen LogP contribution is -2.25. The summed E-state index contributed by atoms with van der Waals surface area (Å²) in [7, 11) is -3.65. The summed E-state index contributed by atoms with van der Waals surface area (Å²) < 4.78 is 29.3. The van der Waals surface area contributed by atoms with Crippen LogP contribution in [-0.2, 0) is 14.8 Å². The van der Waals surface area contributed by atoms with E-state index in [1.807, 2.05) is 0 Å². The lowest BCUT2D eigenvalue weighted by atomic mass is 10.1. The van der Waals surface area contributed by atoms with E-state index in [0.29, 0.717) is 17.3 Å². The first-order chi connectivity index (χ1) is 19.6. The van der Waals surface area contributed by atoms with Crippen LogP contribution in [0.1, 0.15) is 90.4 Å². The fraction of sp³-hybridized carbons (Fsp3) is 0.517. The number of sulfonamides is 1. The van der Waals surface area contributed by atoms with Crippen LogP contribution >= 0.6 is 46.6 Å². The maximum Gasteiger partial charge on any atom is 0.255 e. The molecule has 1 aliphatic rings. The van der Waals surface area contributed by atoms with Gasteiger partial charge in [0.05, 0.1) is 27.0 Å². The fourth-order valence-corrected chi connectivity index (χ4v) is 6.86. The summed E-state index contributed by atoms with van der Waals surface area (Å²) in [4.78, 5) is 12.8. The van der Waals surface area contributed by atoms with Crippen LogP contribution in [0.4, 0.5) is 11.4 Å². The van der Waals surface area contributed by atoms with E-state index in [2.05, 4.69) is 16.7 Å². The molecule has 0 fully saturated rings. The van der Waals surface area contributed by atoms with E-state index < -0.39 is 10.0 Å². The van der Waals surface area contributed by atoms with Crippen molar-refractivity contribution in [3.8, 4) is 0 Å². The number of halogens is 4. The summed E-state index contributed by atoms with van der Waals surface area (Å²) in [5.41, 5.74) is 0.664. The van der Waals surface area contributed by atoms with Gasteiger partial charge in [-0.15, -0.1) is 5.10 Å². The average Bonchev–Trinajstić information content (AvgIpc) is 3.31. The predicted octanol–water partition coefficient (Wildman–Crippen LogP) is 9.34. The van der Waals surface area contributed by atoms with Crippen molar-refractivity contribution in [2.45, 2.75) is 95.3 Å². The maximum absolute atomic E-state index is 12.7. The molecule has 3 rings (SSSR count). The zero-order valence-corrected chi connectivity index (χ0v) is 27.2. The Bertz CT molecular complexity index is 1270. The Balaban J connectivity index is 1.43. The topological polar surface area (TPSA) is 82.1 Å². The SMILES string of the molecule is CCCCCCCCCCCCCCNS(=O)(=O)c1ccc(N(Cl)C2=NN(c3c(Cl)cc(Cl)cc3Cl)C(=O)C2)cc1. The van der Waals surface area contributed by atoms with Crippen LogP contribution < -0.4 is 14.1 Å². The Morgan fingerprint density at radius 1 is 0.854 bits per heavy atom. The Kier molecular flexibility index (Phi) is 14.0. The van der Waals surface area contributed by atoms with Crippen LogP contribution in [0, 0.1) is 0 Å². The second-order valence-corrected chi connectivity index (χ2v) is 13.5. The summed E-state index contributed by atoms with van der Waals surface area (Å²) in [6.07, 6.45) is 14.6. The molecule has 7 nitrogen and oxygen atoms in total. The molecule has 0 unspecified atom stereocenters. The van der Waals surface area contributed by atoms with Gasteiger partial charge in [-0.05, 0) is 42.8 Å². The third kappa shape index (κ3) is 10.3. The summed E-state index contributed by atoms with van der Waals surface area (Å²) in [5, 5.41) is 6.05. The van der Waals surface area contributed by atoms with Crippen LogP contribution in [0.5, 0.6) is 0 Å². The van der Waals surface area contributed by atoms with Gasteiger partial charge < -0.3 is 0 Å². The van der Waals surface area contributed by atoms with Crippen molar-refractivity contribution in [1.82, 2.24) is 4.72 Å². The van der Waals surface area contributed by atoms with Crippen LogP contribution in [-0.4, -0.2) is 26.7 Å². The number of nitrogens with one attached hydrogen (secondary N) is 1. The highest BCUT2D eigenvalue weighted by Gasteiger charge is 2.32. The molecular weight excluding hydrogens is 626 g/mol. The third-order valence-electron chi connectivity index (χ3n) is 6.88.